The normalized spacial score (nSPS) is 19.7. The van der Waals surface area contributed by atoms with E-state index in [0.29, 0.717) is 13.2 Å². The third-order valence-electron chi connectivity index (χ3n) is 5.11. The van der Waals surface area contributed by atoms with Crippen LogP contribution in [0.2, 0.25) is 0 Å². The van der Waals surface area contributed by atoms with E-state index in [1.165, 1.54) is 0 Å². The topological polar surface area (TPSA) is 35.5 Å². The van der Waals surface area contributed by atoms with Crippen molar-refractivity contribution in [1.29, 1.82) is 0 Å². The minimum Gasteiger partial charge on any atom is -0.460 e. The molecule has 2 rings (SSSR count). The molecule has 1 aromatic rings. The maximum absolute atomic E-state index is 12.5. The molecule has 6 heteroatoms. The summed E-state index contributed by atoms with van der Waals surface area (Å²) in [6.45, 7) is 5.09. The third kappa shape index (κ3) is 7.53. The molecule has 1 heterocycles. The van der Waals surface area contributed by atoms with Crippen molar-refractivity contribution in [2.75, 3.05) is 13.2 Å². The first kappa shape index (κ1) is 21.7. The van der Waals surface area contributed by atoms with Crippen LogP contribution in [-0.2, 0) is 20.7 Å². The summed E-state index contributed by atoms with van der Waals surface area (Å²) >= 11 is 0. The second kappa shape index (κ2) is 10.1. The fourth-order valence-corrected chi connectivity index (χ4v) is 3.42. The predicted molar refractivity (Wildman–Crippen MR) is 97.6 cm³/mol. The summed E-state index contributed by atoms with van der Waals surface area (Å²) in [6.07, 6.45) is -0.985. The number of hydrogen-bond acceptors (Lipinski definition) is 3. The highest BCUT2D eigenvalue weighted by Gasteiger charge is 2.27. The number of carbonyl (C=O) groups excluding carboxylic acids is 1. The Morgan fingerprint density at radius 3 is 2.52 bits per heavy atom. The number of ether oxygens (including phenoxy) is 2. The number of carbonyl (C=O) groups is 1. The lowest BCUT2D eigenvalue weighted by molar-refractivity contribution is -0.153. The standard InChI is InChI=1S/C21H29F3O3/c1-3-17(18-9-7-16(8-10-18)13-21(22,23)24)6-4-5-15(2)20(25)27-19-11-12-26-14-19/h7-10,15,17,19H,3-6,11-14H2,1-2H3. The van der Waals surface area contributed by atoms with Crippen molar-refractivity contribution in [2.24, 2.45) is 5.92 Å². The van der Waals surface area contributed by atoms with Crippen LogP contribution >= 0.6 is 0 Å². The highest BCUT2D eigenvalue weighted by atomic mass is 19.4. The molecule has 3 nitrogen and oxygen atoms in total. The van der Waals surface area contributed by atoms with E-state index in [2.05, 4.69) is 6.92 Å². The first-order valence-corrected chi connectivity index (χ1v) is 9.72. The smallest absolute Gasteiger partial charge is 0.393 e. The number of halogens is 3. The van der Waals surface area contributed by atoms with Gasteiger partial charge in [-0.15, -0.1) is 0 Å². The summed E-state index contributed by atoms with van der Waals surface area (Å²) in [6, 6.07) is 6.73. The van der Waals surface area contributed by atoms with Crippen molar-refractivity contribution in [3.05, 3.63) is 35.4 Å². The van der Waals surface area contributed by atoms with Crippen molar-refractivity contribution in [2.45, 2.75) is 70.6 Å². The summed E-state index contributed by atoms with van der Waals surface area (Å²) in [5.74, 6) is -0.0382. The monoisotopic (exact) mass is 386 g/mol. The molecule has 0 N–H and O–H groups in total. The maximum atomic E-state index is 12.5. The molecule has 1 aliphatic heterocycles. The van der Waals surface area contributed by atoms with Crippen LogP contribution in [0.1, 0.15) is 63.0 Å². The highest BCUT2D eigenvalue weighted by molar-refractivity contribution is 5.72. The summed E-state index contributed by atoms with van der Waals surface area (Å²) in [7, 11) is 0. The Kier molecular flexibility index (Phi) is 8.14. The van der Waals surface area contributed by atoms with Gasteiger partial charge in [-0.05, 0) is 36.3 Å². The van der Waals surface area contributed by atoms with Gasteiger partial charge < -0.3 is 9.47 Å². The predicted octanol–water partition coefficient (Wildman–Crippen LogP) is 5.42. The SMILES string of the molecule is CCC(CCCC(C)C(=O)OC1CCOC1)c1ccc(CC(F)(F)F)cc1. The molecule has 0 aliphatic carbocycles. The second-order valence-electron chi connectivity index (χ2n) is 7.39. The van der Waals surface area contributed by atoms with Crippen LogP contribution in [0.25, 0.3) is 0 Å². The van der Waals surface area contributed by atoms with E-state index in [1.807, 2.05) is 6.92 Å². The molecule has 0 bridgehead atoms. The number of hydrogen-bond donors (Lipinski definition) is 0. The van der Waals surface area contributed by atoms with E-state index < -0.39 is 12.6 Å². The maximum Gasteiger partial charge on any atom is 0.393 e. The molecule has 1 aromatic carbocycles. The van der Waals surface area contributed by atoms with Crippen LogP contribution in [0.4, 0.5) is 13.2 Å². The molecule has 0 amide bonds. The van der Waals surface area contributed by atoms with Crippen molar-refractivity contribution in [1.82, 2.24) is 0 Å². The Bertz CT molecular complexity index is 577. The lowest BCUT2D eigenvalue weighted by Crippen LogP contribution is -2.23. The zero-order chi connectivity index (χ0) is 19.9. The van der Waals surface area contributed by atoms with Crippen molar-refractivity contribution >= 4 is 5.97 Å². The van der Waals surface area contributed by atoms with Gasteiger partial charge in [-0.1, -0.05) is 44.5 Å². The zero-order valence-corrected chi connectivity index (χ0v) is 16.1. The summed E-state index contributed by atoms with van der Waals surface area (Å²) in [4.78, 5) is 12.1. The first-order valence-electron chi connectivity index (χ1n) is 9.72. The fraction of sp³-hybridized carbons (Fsp3) is 0.667. The average Bonchev–Trinajstić information content (AvgIpc) is 3.11. The van der Waals surface area contributed by atoms with Crippen LogP contribution in [0.5, 0.6) is 0 Å². The fourth-order valence-electron chi connectivity index (χ4n) is 3.42. The van der Waals surface area contributed by atoms with Crippen molar-refractivity contribution in [3.8, 4) is 0 Å². The summed E-state index contributed by atoms with van der Waals surface area (Å²) in [5, 5.41) is 0. The zero-order valence-electron chi connectivity index (χ0n) is 16.1. The van der Waals surface area contributed by atoms with Gasteiger partial charge in [-0.25, -0.2) is 0 Å². The van der Waals surface area contributed by atoms with Crippen LogP contribution in [0.3, 0.4) is 0 Å². The van der Waals surface area contributed by atoms with Gasteiger partial charge in [0, 0.05) is 6.42 Å². The van der Waals surface area contributed by atoms with Gasteiger partial charge in [0.1, 0.15) is 6.10 Å². The molecule has 1 saturated heterocycles. The Morgan fingerprint density at radius 2 is 1.96 bits per heavy atom. The quantitative estimate of drug-likeness (QED) is 0.531. The second-order valence-corrected chi connectivity index (χ2v) is 7.39. The molecule has 0 aromatic heterocycles. The van der Waals surface area contributed by atoms with Crippen LogP contribution < -0.4 is 0 Å². The van der Waals surface area contributed by atoms with Gasteiger partial charge in [0.25, 0.3) is 0 Å². The van der Waals surface area contributed by atoms with E-state index in [9.17, 15) is 18.0 Å². The van der Waals surface area contributed by atoms with Gasteiger partial charge in [0.05, 0.1) is 25.6 Å². The van der Waals surface area contributed by atoms with Gasteiger partial charge in [-0.2, -0.15) is 13.2 Å². The minimum absolute atomic E-state index is 0.112. The Hall–Kier alpha value is -1.56. The number of rotatable bonds is 9. The molecule has 0 spiro atoms. The molecular weight excluding hydrogens is 357 g/mol. The number of alkyl halides is 3. The average molecular weight is 386 g/mol. The first-order chi connectivity index (χ1) is 12.8. The lowest BCUT2D eigenvalue weighted by atomic mass is 9.89. The van der Waals surface area contributed by atoms with E-state index in [4.69, 9.17) is 9.47 Å². The molecule has 1 aliphatic rings. The third-order valence-corrected chi connectivity index (χ3v) is 5.11. The Labute approximate surface area is 159 Å². The molecular formula is C21H29F3O3. The summed E-state index contributed by atoms with van der Waals surface area (Å²) in [5.41, 5.74) is 1.34. The van der Waals surface area contributed by atoms with E-state index >= 15 is 0 Å². The molecule has 3 unspecified atom stereocenters. The van der Waals surface area contributed by atoms with E-state index in [0.717, 1.165) is 37.7 Å². The number of benzene rings is 1. The molecule has 0 radical (unpaired) electrons. The van der Waals surface area contributed by atoms with Crippen LogP contribution in [-0.4, -0.2) is 31.5 Å². The van der Waals surface area contributed by atoms with Crippen LogP contribution in [0, 0.1) is 5.92 Å². The van der Waals surface area contributed by atoms with Gasteiger partial charge >= 0.3 is 12.1 Å². The van der Waals surface area contributed by atoms with Crippen LogP contribution in [0.15, 0.2) is 24.3 Å². The van der Waals surface area contributed by atoms with Gasteiger partial charge in [0.2, 0.25) is 0 Å². The largest absolute Gasteiger partial charge is 0.460 e. The molecule has 152 valence electrons. The molecule has 1 fully saturated rings. The number of esters is 1. The molecule has 27 heavy (non-hydrogen) atoms. The van der Waals surface area contributed by atoms with Crippen molar-refractivity contribution < 1.29 is 27.4 Å². The Balaban J connectivity index is 1.78. The minimum atomic E-state index is -4.18. The van der Waals surface area contributed by atoms with Gasteiger partial charge in [-0.3, -0.25) is 4.79 Å². The van der Waals surface area contributed by atoms with Gasteiger partial charge in [0.15, 0.2) is 0 Å². The van der Waals surface area contributed by atoms with E-state index in [-0.39, 0.29) is 29.5 Å². The summed E-state index contributed by atoms with van der Waals surface area (Å²) < 4.78 is 48.0. The lowest BCUT2D eigenvalue weighted by Gasteiger charge is -2.18. The molecule has 3 atom stereocenters. The highest BCUT2D eigenvalue weighted by Crippen LogP contribution is 2.28. The molecule has 0 saturated carbocycles. The van der Waals surface area contributed by atoms with Crippen molar-refractivity contribution in [3.63, 3.8) is 0 Å². The van der Waals surface area contributed by atoms with E-state index in [1.54, 1.807) is 24.3 Å². The Morgan fingerprint density at radius 1 is 1.26 bits per heavy atom.